The molecule has 0 aromatic carbocycles. The molecule has 2 unspecified atom stereocenters. The van der Waals surface area contributed by atoms with E-state index in [0.717, 1.165) is 5.75 Å². The zero-order valence-corrected chi connectivity index (χ0v) is 13.8. The maximum absolute atomic E-state index is 11.6. The van der Waals surface area contributed by atoms with E-state index < -0.39 is 18.1 Å². The Morgan fingerprint density at radius 2 is 1.63 bits per heavy atom. The first kappa shape index (κ1) is 20.9. The van der Waals surface area contributed by atoms with E-state index in [9.17, 15) is 9.59 Å². The molecule has 0 aromatic rings. The molecule has 0 saturated heterocycles. The number of aliphatic carboxylic acids is 1. The molecule has 0 aromatic heterocycles. The van der Waals surface area contributed by atoms with Crippen LogP contribution in [0.5, 0.6) is 0 Å². The van der Waals surface area contributed by atoms with Crippen molar-refractivity contribution in [2.24, 2.45) is 5.73 Å². The maximum atomic E-state index is 11.6. The highest BCUT2D eigenvalue weighted by Crippen LogP contribution is 2.03. The highest BCUT2D eigenvalue weighted by Gasteiger charge is 2.22. The van der Waals surface area contributed by atoms with Crippen LogP contribution in [0.1, 0.15) is 26.7 Å². The van der Waals surface area contributed by atoms with Gasteiger partial charge in [0.1, 0.15) is 6.04 Å². The first-order valence-electron chi connectivity index (χ1n) is 6.29. The van der Waals surface area contributed by atoms with E-state index in [1.54, 1.807) is 23.5 Å². The van der Waals surface area contributed by atoms with Crippen molar-refractivity contribution < 1.29 is 14.7 Å². The summed E-state index contributed by atoms with van der Waals surface area (Å²) in [5.74, 6) is 0.0889. The van der Waals surface area contributed by atoms with Crippen molar-refractivity contribution in [3.8, 4) is 0 Å². The average molecular weight is 310 g/mol. The first-order chi connectivity index (χ1) is 9.02. The Kier molecular flexibility index (Phi) is 15.4. The molecule has 0 bridgehead atoms. The lowest BCUT2D eigenvalue weighted by atomic mass is 10.2. The minimum absolute atomic E-state index is 0.382. The second-order valence-electron chi connectivity index (χ2n) is 3.57. The predicted molar refractivity (Wildman–Crippen MR) is 84.9 cm³/mol. The zero-order chi connectivity index (χ0) is 15.3. The van der Waals surface area contributed by atoms with Gasteiger partial charge in [-0.2, -0.15) is 23.5 Å². The van der Waals surface area contributed by atoms with Gasteiger partial charge < -0.3 is 16.2 Å². The highest BCUT2D eigenvalue weighted by atomic mass is 32.2. The van der Waals surface area contributed by atoms with Crippen LogP contribution in [-0.2, 0) is 9.59 Å². The van der Waals surface area contributed by atoms with Gasteiger partial charge in [-0.15, -0.1) is 0 Å². The molecule has 0 rings (SSSR count). The third kappa shape index (κ3) is 11.1. The van der Waals surface area contributed by atoms with E-state index in [4.69, 9.17) is 10.8 Å². The number of carbonyl (C=O) groups is 2. The summed E-state index contributed by atoms with van der Waals surface area (Å²) in [7, 11) is 0. The number of nitrogens with two attached hydrogens (primary N) is 1. The van der Waals surface area contributed by atoms with Crippen LogP contribution in [0, 0.1) is 0 Å². The number of hydrogen-bond donors (Lipinski definition) is 3. The maximum Gasteiger partial charge on any atom is 0.326 e. The fraction of sp³-hybridized carbons (Fsp3) is 0.833. The van der Waals surface area contributed by atoms with Crippen molar-refractivity contribution in [3.05, 3.63) is 0 Å². The molecule has 1 amide bonds. The molecule has 0 heterocycles. The first-order valence-corrected chi connectivity index (χ1v) is 9.08. The average Bonchev–Trinajstić information content (AvgIpc) is 2.42. The lowest BCUT2D eigenvalue weighted by Gasteiger charge is -2.17. The third-order valence-corrected chi connectivity index (χ3v) is 3.48. The Labute approximate surface area is 124 Å². The van der Waals surface area contributed by atoms with Crippen LogP contribution in [0.2, 0.25) is 0 Å². The van der Waals surface area contributed by atoms with Crippen LogP contribution < -0.4 is 11.1 Å². The number of rotatable bonds is 9. The quantitative estimate of drug-likeness (QED) is 0.596. The highest BCUT2D eigenvalue weighted by molar-refractivity contribution is 7.98. The lowest BCUT2D eigenvalue weighted by molar-refractivity contribution is -0.142. The molecular formula is C12H26N2O3S2. The molecule has 19 heavy (non-hydrogen) atoms. The summed E-state index contributed by atoms with van der Waals surface area (Å²) in [5, 5.41) is 11.4. The van der Waals surface area contributed by atoms with Crippen LogP contribution in [0.4, 0.5) is 0 Å². The van der Waals surface area contributed by atoms with Crippen molar-refractivity contribution in [1.82, 2.24) is 5.32 Å². The molecule has 5 nitrogen and oxygen atoms in total. The predicted octanol–water partition coefficient (Wildman–Crippen LogP) is 1.42. The fourth-order valence-electron chi connectivity index (χ4n) is 1.15. The lowest BCUT2D eigenvalue weighted by Crippen LogP contribution is -2.48. The van der Waals surface area contributed by atoms with E-state index in [2.05, 4.69) is 5.32 Å². The van der Waals surface area contributed by atoms with Crippen LogP contribution in [0.15, 0.2) is 0 Å². The second-order valence-corrected chi connectivity index (χ2v) is 5.54. The summed E-state index contributed by atoms with van der Waals surface area (Å²) in [6, 6.07) is -1.46. The summed E-state index contributed by atoms with van der Waals surface area (Å²) in [6.07, 6.45) is 4.80. The van der Waals surface area contributed by atoms with Crippen molar-refractivity contribution in [1.29, 1.82) is 0 Å². The molecular weight excluding hydrogens is 284 g/mol. The Bertz CT molecular complexity index is 253. The Morgan fingerprint density at radius 3 is 2.05 bits per heavy atom. The molecule has 0 aliphatic rings. The molecule has 0 aliphatic carbocycles. The summed E-state index contributed by atoms with van der Waals surface area (Å²) >= 11 is 3.15. The summed E-state index contributed by atoms with van der Waals surface area (Å²) in [4.78, 5) is 22.5. The second kappa shape index (κ2) is 14.0. The molecule has 0 fully saturated rings. The van der Waals surface area contributed by atoms with Crippen molar-refractivity contribution in [2.75, 3.05) is 24.0 Å². The van der Waals surface area contributed by atoms with Crippen molar-refractivity contribution >= 4 is 35.4 Å². The van der Waals surface area contributed by atoms with Gasteiger partial charge in [0.25, 0.3) is 0 Å². The van der Waals surface area contributed by atoms with Crippen LogP contribution >= 0.6 is 23.5 Å². The largest absolute Gasteiger partial charge is 0.480 e. The number of hydrogen-bond acceptors (Lipinski definition) is 5. The Balaban J connectivity index is 0. The molecule has 0 aliphatic heterocycles. The monoisotopic (exact) mass is 310 g/mol. The van der Waals surface area contributed by atoms with E-state index in [0.29, 0.717) is 18.6 Å². The van der Waals surface area contributed by atoms with Crippen molar-refractivity contribution in [3.63, 3.8) is 0 Å². The Morgan fingerprint density at radius 1 is 1.16 bits per heavy atom. The Hall–Kier alpha value is -0.400. The van der Waals surface area contributed by atoms with E-state index in [-0.39, 0.29) is 5.91 Å². The molecule has 2 atom stereocenters. The van der Waals surface area contributed by atoms with Gasteiger partial charge in [-0.1, -0.05) is 13.8 Å². The molecule has 0 radical (unpaired) electrons. The third-order valence-electron chi connectivity index (χ3n) is 2.19. The van der Waals surface area contributed by atoms with Gasteiger partial charge in [0.05, 0.1) is 6.04 Å². The minimum atomic E-state index is -1.01. The summed E-state index contributed by atoms with van der Waals surface area (Å²) in [5.41, 5.74) is 5.66. The summed E-state index contributed by atoms with van der Waals surface area (Å²) < 4.78 is 0. The van der Waals surface area contributed by atoms with Crippen molar-refractivity contribution in [2.45, 2.75) is 38.8 Å². The number of carbonyl (C=O) groups excluding carboxylic acids is 1. The number of nitrogens with one attached hydrogen (secondary N) is 1. The number of carboxylic acids is 1. The van der Waals surface area contributed by atoms with Gasteiger partial charge in [-0.25, -0.2) is 4.79 Å². The number of carboxylic acid groups (broad SMARTS) is 1. The molecule has 0 spiro atoms. The summed E-state index contributed by atoms with van der Waals surface area (Å²) in [6.45, 7) is 4.00. The molecule has 7 heteroatoms. The molecule has 4 N–H and O–H groups in total. The van der Waals surface area contributed by atoms with Gasteiger partial charge in [-0.05, 0) is 36.9 Å². The topological polar surface area (TPSA) is 92.4 Å². The smallest absolute Gasteiger partial charge is 0.326 e. The fourth-order valence-corrected chi connectivity index (χ4v) is 2.11. The SMILES string of the molecule is CC.CSCCC(N)C(=O)NC(CCSC)C(=O)O. The van der Waals surface area contributed by atoms with Crippen LogP contribution in [0.25, 0.3) is 0 Å². The van der Waals surface area contributed by atoms with Gasteiger partial charge in [0.15, 0.2) is 0 Å². The molecule has 0 saturated carbocycles. The van der Waals surface area contributed by atoms with Gasteiger partial charge in [0, 0.05) is 0 Å². The zero-order valence-electron chi connectivity index (χ0n) is 12.1. The standard InChI is InChI=1S/C10H20N2O3S2.C2H6/c1-16-5-3-7(11)9(13)12-8(10(14)15)4-6-17-2;1-2/h7-8H,3-6,11H2,1-2H3,(H,12,13)(H,14,15);1-2H3. The number of thioether (sulfide) groups is 2. The van der Waals surface area contributed by atoms with E-state index in [1.165, 1.54) is 0 Å². The van der Waals surface area contributed by atoms with Crippen LogP contribution in [0.3, 0.4) is 0 Å². The van der Waals surface area contributed by atoms with E-state index in [1.807, 2.05) is 26.4 Å². The van der Waals surface area contributed by atoms with Gasteiger partial charge >= 0.3 is 5.97 Å². The minimum Gasteiger partial charge on any atom is -0.480 e. The molecule has 114 valence electrons. The van der Waals surface area contributed by atoms with Gasteiger partial charge in [-0.3, -0.25) is 4.79 Å². The van der Waals surface area contributed by atoms with Gasteiger partial charge in [0.2, 0.25) is 5.91 Å². The normalized spacial score (nSPS) is 12.9. The number of amides is 1. The van der Waals surface area contributed by atoms with Crippen LogP contribution in [-0.4, -0.2) is 53.1 Å². The van der Waals surface area contributed by atoms with E-state index >= 15 is 0 Å².